The molecule has 1 aliphatic rings. The van der Waals surface area contributed by atoms with Gasteiger partial charge in [-0.2, -0.15) is 0 Å². The molecule has 0 aromatic heterocycles. The molecule has 1 heterocycles. The number of methoxy groups -OCH3 is 1. The Balaban J connectivity index is 1.79. The largest absolute Gasteiger partial charge is 0.496 e. The first-order chi connectivity index (χ1) is 12.4. The fourth-order valence-corrected chi connectivity index (χ4v) is 3.16. The van der Waals surface area contributed by atoms with Crippen LogP contribution in [0.25, 0.3) is 0 Å². The molecule has 2 rings (SSSR count). The van der Waals surface area contributed by atoms with Crippen molar-refractivity contribution in [1.29, 1.82) is 0 Å². The molecule has 144 valence electrons. The molecule has 0 bridgehead atoms. The van der Waals surface area contributed by atoms with Crippen LogP contribution < -0.4 is 15.4 Å². The number of hydrogen-bond donors (Lipinski definition) is 3. The first kappa shape index (κ1) is 20.2. The average Bonchev–Trinajstić information content (AvgIpc) is 2.81. The van der Waals surface area contributed by atoms with Crippen LogP contribution in [0.2, 0.25) is 0 Å². The van der Waals surface area contributed by atoms with Gasteiger partial charge in [0, 0.05) is 32.1 Å². The van der Waals surface area contributed by atoms with Crippen molar-refractivity contribution >= 4 is 11.8 Å². The first-order valence-electron chi connectivity index (χ1n) is 9.00. The first-order valence-corrected chi connectivity index (χ1v) is 9.00. The van der Waals surface area contributed by atoms with Gasteiger partial charge in [0.15, 0.2) is 0 Å². The van der Waals surface area contributed by atoms with Gasteiger partial charge >= 0.3 is 0 Å². The van der Waals surface area contributed by atoms with E-state index in [4.69, 9.17) is 4.74 Å². The zero-order chi connectivity index (χ0) is 19.0. The maximum atomic E-state index is 12.3. The van der Waals surface area contributed by atoms with Crippen LogP contribution in [-0.4, -0.2) is 60.7 Å². The van der Waals surface area contributed by atoms with Crippen LogP contribution in [0.15, 0.2) is 24.3 Å². The zero-order valence-corrected chi connectivity index (χ0v) is 15.6. The predicted octanol–water partition coefficient (Wildman–Crippen LogP) is 0.665. The number of carbonyl (C=O) groups excluding carboxylic acids is 2. The second kappa shape index (κ2) is 9.54. The molecule has 1 saturated heterocycles. The lowest BCUT2D eigenvalue weighted by Gasteiger charge is -2.27. The number of aliphatic hydroxyl groups is 1. The van der Waals surface area contributed by atoms with Gasteiger partial charge in [-0.3, -0.25) is 14.5 Å². The summed E-state index contributed by atoms with van der Waals surface area (Å²) in [7, 11) is 1.61. The summed E-state index contributed by atoms with van der Waals surface area (Å²) >= 11 is 0. The Bertz CT molecular complexity index is 623. The van der Waals surface area contributed by atoms with Crippen LogP contribution in [0.1, 0.15) is 31.7 Å². The van der Waals surface area contributed by atoms with E-state index in [9.17, 15) is 14.7 Å². The number of para-hydroxylation sites is 1. The fourth-order valence-electron chi connectivity index (χ4n) is 3.16. The molecule has 1 aromatic rings. The van der Waals surface area contributed by atoms with Gasteiger partial charge in [-0.15, -0.1) is 0 Å². The Kier molecular flexibility index (Phi) is 7.41. The van der Waals surface area contributed by atoms with E-state index in [0.717, 1.165) is 24.3 Å². The quantitative estimate of drug-likeness (QED) is 0.662. The normalized spacial score (nSPS) is 20.9. The minimum absolute atomic E-state index is 0.0526. The maximum absolute atomic E-state index is 12.3. The fraction of sp³-hybridized carbons (Fsp3) is 0.579. The Morgan fingerprint density at radius 2 is 2.00 bits per heavy atom. The molecule has 1 fully saturated rings. The van der Waals surface area contributed by atoms with E-state index >= 15 is 0 Å². The number of ether oxygens (including phenoxy) is 1. The van der Waals surface area contributed by atoms with Crippen molar-refractivity contribution in [3.63, 3.8) is 0 Å². The summed E-state index contributed by atoms with van der Waals surface area (Å²) in [5.41, 5.74) is 0.0396. The van der Waals surface area contributed by atoms with Crippen molar-refractivity contribution in [3.8, 4) is 5.75 Å². The lowest BCUT2D eigenvalue weighted by molar-refractivity contribution is -0.122. The van der Waals surface area contributed by atoms with Gasteiger partial charge in [0.2, 0.25) is 11.8 Å². The number of carbonyl (C=O) groups is 2. The van der Waals surface area contributed by atoms with Gasteiger partial charge < -0.3 is 20.5 Å². The number of hydrogen-bond acceptors (Lipinski definition) is 5. The van der Waals surface area contributed by atoms with E-state index in [1.54, 1.807) is 7.11 Å². The van der Waals surface area contributed by atoms with Crippen molar-refractivity contribution in [3.05, 3.63) is 29.8 Å². The Hall–Kier alpha value is -2.12. The minimum Gasteiger partial charge on any atom is -0.496 e. The molecule has 0 spiro atoms. The van der Waals surface area contributed by atoms with Crippen LogP contribution in [0.4, 0.5) is 0 Å². The summed E-state index contributed by atoms with van der Waals surface area (Å²) < 4.78 is 5.29. The molecule has 26 heavy (non-hydrogen) atoms. The third-order valence-electron chi connectivity index (χ3n) is 4.71. The highest BCUT2D eigenvalue weighted by atomic mass is 16.5. The SMILES string of the molecule is COc1ccccc1CNC(=O)CN1CCC[C@@](O)(CNC(C)=O)CC1. The molecule has 2 amide bonds. The van der Waals surface area contributed by atoms with Crippen LogP contribution in [0, 0.1) is 0 Å². The minimum atomic E-state index is -0.895. The average molecular weight is 363 g/mol. The van der Waals surface area contributed by atoms with Gasteiger partial charge in [-0.1, -0.05) is 18.2 Å². The van der Waals surface area contributed by atoms with Crippen molar-refractivity contribution in [1.82, 2.24) is 15.5 Å². The third-order valence-corrected chi connectivity index (χ3v) is 4.71. The highest BCUT2D eigenvalue weighted by Crippen LogP contribution is 2.21. The number of rotatable bonds is 7. The topological polar surface area (TPSA) is 90.9 Å². The van der Waals surface area contributed by atoms with Gasteiger partial charge in [0.05, 0.1) is 19.3 Å². The molecular weight excluding hydrogens is 334 g/mol. The molecule has 0 aliphatic carbocycles. The molecular formula is C19H29N3O4. The third kappa shape index (κ3) is 6.31. The Morgan fingerprint density at radius 1 is 1.23 bits per heavy atom. The van der Waals surface area contributed by atoms with Crippen LogP contribution in [-0.2, 0) is 16.1 Å². The highest BCUT2D eigenvalue weighted by molar-refractivity contribution is 5.78. The number of nitrogens with one attached hydrogen (secondary N) is 2. The predicted molar refractivity (Wildman–Crippen MR) is 98.8 cm³/mol. The Labute approximate surface area is 154 Å². The van der Waals surface area contributed by atoms with Crippen molar-refractivity contribution in [2.75, 3.05) is 33.3 Å². The van der Waals surface area contributed by atoms with Crippen LogP contribution >= 0.6 is 0 Å². The van der Waals surface area contributed by atoms with Gasteiger partial charge in [-0.25, -0.2) is 0 Å². The summed E-state index contributed by atoms with van der Waals surface area (Å²) in [6.45, 7) is 3.80. The van der Waals surface area contributed by atoms with E-state index in [-0.39, 0.29) is 18.4 Å². The lowest BCUT2D eigenvalue weighted by atomic mass is 9.95. The molecule has 1 aliphatic heterocycles. The van der Waals surface area contributed by atoms with E-state index in [2.05, 4.69) is 10.6 Å². The van der Waals surface area contributed by atoms with Crippen LogP contribution in [0.5, 0.6) is 5.75 Å². The smallest absolute Gasteiger partial charge is 0.234 e. The number of benzene rings is 1. The standard InChI is InChI=1S/C19H29N3O4/c1-15(23)21-14-19(25)8-5-10-22(11-9-19)13-18(24)20-12-16-6-3-4-7-17(16)26-2/h3-4,6-7,25H,5,8-14H2,1-2H3,(H,20,24)(H,21,23)/t19-/m0/s1. The summed E-state index contributed by atoms with van der Waals surface area (Å²) in [6, 6.07) is 7.59. The van der Waals surface area contributed by atoms with E-state index in [1.165, 1.54) is 6.92 Å². The summed E-state index contributed by atoms with van der Waals surface area (Å²) in [4.78, 5) is 25.4. The molecule has 7 nitrogen and oxygen atoms in total. The molecule has 0 saturated carbocycles. The zero-order valence-electron chi connectivity index (χ0n) is 15.6. The Morgan fingerprint density at radius 3 is 2.73 bits per heavy atom. The van der Waals surface area contributed by atoms with E-state index < -0.39 is 5.60 Å². The van der Waals surface area contributed by atoms with Crippen molar-refractivity contribution in [2.45, 2.75) is 38.3 Å². The molecule has 7 heteroatoms. The monoisotopic (exact) mass is 363 g/mol. The summed E-state index contributed by atoms with van der Waals surface area (Å²) in [5, 5.41) is 16.2. The van der Waals surface area contributed by atoms with E-state index in [1.807, 2.05) is 29.2 Å². The molecule has 1 aromatic carbocycles. The molecule has 1 atom stereocenters. The highest BCUT2D eigenvalue weighted by Gasteiger charge is 2.30. The molecule has 3 N–H and O–H groups in total. The maximum Gasteiger partial charge on any atom is 0.234 e. The van der Waals surface area contributed by atoms with Gasteiger partial charge in [-0.05, 0) is 31.9 Å². The summed E-state index contributed by atoms with van der Waals surface area (Å²) in [5.74, 6) is 0.559. The van der Waals surface area contributed by atoms with Crippen molar-refractivity contribution < 1.29 is 19.4 Å². The van der Waals surface area contributed by atoms with Gasteiger partial charge in [0.25, 0.3) is 0 Å². The van der Waals surface area contributed by atoms with Crippen LogP contribution in [0.3, 0.4) is 0 Å². The van der Waals surface area contributed by atoms with Gasteiger partial charge in [0.1, 0.15) is 5.75 Å². The lowest BCUT2D eigenvalue weighted by Crippen LogP contribution is -2.43. The number of nitrogens with zero attached hydrogens (tertiary/aromatic N) is 1. The second-order valence-electron chi connectivity index (χ2n) is 6.85. The molecule has 0 unspecified atom stereocenters. The number of amides is 2. The second-order valence-corrected chi connectivity index (χ2v) is 6.85. The number of likely N-dealkylation sites (tertiary alicyclic amines) is 1. The summed E-state index contributed by atoms with van der Waals surface area (Å²) in [6.07, 6.45) is 1.94. The molecule has 0 radical (unpaired) electrons. The van der Waals surface area contributed by atoms with E-state index in [0.29, 0.717) is 32.5 Å². The van der Waals surface area contributed by atoms with Crippen molar-refractivity contribution in [2.24, 2.45) is 0 Å².